The number of hydrogen-bond donors (Lipinski definition) is 1. The zero-order valence-corrected chi connectivity index (χ0v) is 18.7. The molecule has 1 aromatic carbocycles. The first kappa shape index (κ1) is 21.3. The number of halogens is 1. The van der Waals surface area contributed by atoms with E-state index in [-0.39, 0.29) is 29.7 Å². The van der Waals surface area contributed by atoms with E-state index in [0.29, 0.717) is 34.7 Å². The third kappa shape index (κ3) is 4.28. The summed E-state index contributed by atoms with van der Waals surface area (Å²) in [5, 5.41) is 9.58. The van der Waals surface area contributed by atoms with Crippen molar-refractivity contribution in [3.8, 4) is 0 Å². The fourth-order valence-electron chi connectivity index (χ4n) is 3.46. The van der Waals surface area contributed by atoms with Gasteiger partial charge in [0.05, 0.1) is 5.52 Å². The van der Waals surface area contributed by atoms with Crippen LogP contribution in [0.15, 0.2) is 45.3 Å². The maximum atomic E-state index is 13.0. The molecule has 3 heterocycles. The molecule has 31 heavy (non-hydrogen) atoms. The summed E-state index contributed by atoms with van der Waals surface area (Å²) in [6, 6.07) is 9.14. The summed E-state index contributed by atoms with van der Waals surface area (Å²) in [6.45, 7) is 4.62. The van der Waals surface area contributed by atoms with E-state index in [4.69, 9.17) is 11.6 Å². The second kappa shape index (κ2) is 8.68. The Hall–Kier alpha value is -2.91. The van der Waals surface area contributed by atoms with Gasteiger partial charge in [0.25, 0.3) is 5.56 Å². The van der Waals surface area contributed by atoms with Gasteiger partial charge in [0.2, 0.25) is 11.7 Å². The first-order valence-electron chi connectivity index (χ1n) is 9.96. The molecule has 0 aliphatic rings. The molecule has 0 unspecified atom stereocenters. The monoisotopic (exact) mass is 459 g/mol. The number of aromatic nitrogens is 4. The standard InChI is InChI=1S/C21H22ClN5O3S/c1-13(2)11-25-19(29)18-16(8-10-31-18)27-20(25)24-26(21(27)30)12-17(28)23-9-7-14-3-5-15(22)6-4-14/h3-6,8,10,13H,7,9,11-12H2,1-2H3,(H,23,28). The number of nitrogens with zero attached hydrogens (tertiary/aromatic N) is 4. The van der Waals surface area contributed by atoms with Gasteiger partial charge in [-0.1, -0.05) is 37.6 Å². The van der Waals surface area contributed by atoms with Crippen molar-refractivity contribution in [3.63, 3.8) is 0 Å². The zero-order chi connectivity index (χ0) is 22.1. The topological polar surface area (TPSA) is 90.4 Å². The molecular weight excluding hydrogens is 438 g/mol. The Kier molecular flexibility index (Phi) is 5.97. The molecule has 1 N–H and O–H groups in total. The molecule has 0 aliphatic heterocycles. The van der Waals surface area contributed by atoms with Crippen molar-refractivity contribution in [1.82, 2.24) is 24.1 Å². The molecule has 0 bridgehead atoms. The van der Waals surface area contributed by atoms with Crippen LogP contribution in [0.25, 0.3) is 16.0 Å². The van der Waals surface area contributed by atoms with Gasteiger partial charge in [-0.3, -0.25) is 14.2 Å². The van der Waals surface area contributed by atoms with Crippen LogP contribution in [0, 0.1) is 5.92 Å². The fourth-order valence-corrected chi connectivity index (χ4v) is 4.41. The van der Waals surface area contributed by atoms with Gasteiger partial charge in [0, 0.05) is 18.1 Å². The summed E-state index contributed by atoms with van der Waals surface area (Å²) in [6.07, 6.45) is 0.645. The van der Waals surface area contributed by atoms with E-state index in [1.165, 1.54) is 20.3 Å². The predicted octanol–water partition coefficient (Wildman–Crippen LogP) is 2.54. The van der Waals surface area contributed by atoms with E-state index in [1.807, 2.05) is 26.0 Å². The van der Waals surface area contributed by atoms with Crippen molar-refractivity contribution >= 4 is 44.8 Å². The average Bonchev–Trinajstić information content (AvgIpc) is 3.32. The molecule has 0 aliphatic carbocycles. The number of fused-ring (bicyclic) bond motifs is 3. The number of nitrogens with one attached hydrogen (secondary N) is 1. The Morgan fingerprint density at radius 2 is 1.94 bits per heavy atom. The minimum atomic E-state index is -0.441. The molecule has 0 saturated carbocycles. The smallest absolute Gasteiger partial charge is 0.352 e. The van der Waals surface area contributed by atoms with Crippen LogP contribution in [0.3, 0.4) is 0 Å². The highest BCUT2D eigenvalue weighted by atomic mass is 35.5. The zero-order valence-electron chi connectivity index (χ0n) is 17.2. The van der Waals surface area contributed by atoms with Crippen LogP contribution in [0.5, 0.6) is 0 Å². The average molecular weight is 460 g/mol. The van der Waals surface area contributed by atoms with Gasteiger partial charge in [-0.25, -0.2) is 13.9 Å². The van der Waals surface area contributed by atoms with Crippen LogP contribution in [0.1, 0.15) is 19.4 Å². The minimum absolute atomic E-state index is 0.171. The normalized spacial score (nSPS) is 11.6. The Balaban J connectivity index is 1.58. The fraction of sp³-hybridized carbons (Fsp3) is 0.333. The van der Waals surface area contributed by atoms with E-state index in [2.05, 4.69) is 10.4 Å². The Morgan fingerprint density at radius 1 is 1.19 bits per heavy atom. The molecular formula is C21H22ClN5O3S. The lowest BCUT2D eigenvalue weighted by Crippen LogP contribution is -2.33. The highest BCUT2D eigenvalue weighted by molar-refractivity contribution is 7.17. The molecule has 162 valence electrons. The number of thiophene rings is 1. The van der Waals surface area contributed by atoms with Gasteiger partial charge in [-0.05, 0) is 41.5 Å². The van der Waals surface area contributed by atoms with Crippen molar-refractivity contribution in [3.05, 3.63) is 67.1 Å². The third-order valence-electron chi connectivity index (χ3n) is 4.88. The van der Waals surface area contributed by atoms with Crippen LogP contribution >= 0.6 is 22.9 Å². The summed E-state index contributed by atoms with van der Waals surface area (Å²) >= 11 is 7.17. The van der Waals surface area contributed by atoms with Crippen molar-refractivity contribution in [1.29, 1.82) is 0 Å². The maximum absolute atomic E-state index is 13.0. The number of benzene rings is 1. The van der Waals surface area contributed by atoms with E-state index in [1.54, 1.807) is 23.6 Å². The largest absolute Gasteiger partial charge is 0.354 e. The summed E-state index contributed by atoms with van der Waals surface area (Å²) in [5.41, 5.74) is 0.955. The summed E-state index contributed by atoms with van der Waals surface area (Å²) < 4.78 is 4.54. The van der Waals surface area contributed by atoms with Crippen LogP contribution in [-0.4, -0.2) is 31.2 Å². The highest BCUT2D eigenvalue weighted by Gasteiger charge is 2.19. The highest BCUT2D eigenvalue weighted by Crippen LogP contribution is 2.17. The summed E-state index contributed by atoms with van der Waals surface area (Å²) in [5.74, 6) is 0.123. The first-order chi connectivity index (χ1) is 14.8. The van der Waals surface area contributed by atoms with E-state index < -0.39 is 5.69 Å². The van der Waals surface area contributed by atoms with Crippen molar-refractivity contribution in [2.45, 2.75) is 33.4 Å². The number of hydrogen-bond acceptors (Lipinski definition) is 5. The van der Waals surface area contributed by atoms with E-state index >= 15 is 0 Å². The molecule has 0 fully saturated rings. The number of carbonyl (C=O) groups excluding carboxylic acids is 1. The lowest BCUT2D eigenvalue weighted by Gasteiger charge is -2.09. The minimum Gasteiger partial charge on any atom is -0.354 e. The quantitative estimate of drug-likeness (QED) is 0.460. The van der Waals surface area contributed by atoms with E-state index in [0.717, 1.165) is 10.2 Å². The van der Waals surface area contributed by atoms with E-state index in [9.17, 15) is 14.4 Å². The van der Waals surface area contributed by atoms with Gasteiger partial charge < -0.3 is 5.32 Å². The van der Waals surface area contributed by atoms with Crippen molar-refractivity contribution < 1.29 is 4.79 Å². The summed E-state index contributed by atoms with van der Waals surface area (Å²) in [7, 11) is 0. The molecule has 0 saturated heterocycles. The molecule has 10 heteroatoms. The van der Waals surface area contributed by atoms with Gasteiger partial charge in [-0.2, -0.15) is 0 Å². The summed E-state index contributed by atoms with van der Waals surface area (Å²) in [4.78, 5) is 38.3. The Labute approximate surface area is 186 Å². The van der Waals surface area contributed by atoms with Gasteiger partial charge in [0.15, 0.2) is 0 Å². The lowest BCUT2D eigenvalue weighted by atomic mass is 10.1. The number of carbonyl (C=O) groups is 1. The molecule has 8 nitrogen and oxygen atoms in total. The molecule has 4 rings (SSSR count). The van der Waals surface area contributed by atoms with Crippen molar-refractivity contribution in [2.24, 2.45) is 5.92 Å². The van der Waals surface area contributed by atoms with Gasteiger partial charge >= 0.3 is 5.69 Å². The molecule has 0 spiro atoms. The number of rotatable bonds is 7. The molecule has 4 aromatic rings. The lowest BCUT2D eigenvalue weighted by molar-refractivity contribution is -0.121. The molecule has 0 radical (unpaired) electrons. The molecule has 0 atom stereocenters. The maximum Gasteiger partial charge on any atom is 0.352 e. The Morgan fingerprint density at radius 3 is 2.65 bits per heavy atom. The first-order valence-corrected chi connectivity index (χ1v) is 11.2. The third-order valence-corrected chi connectivity index (χ3v) is 6.02. The van der Waals surface area contributed by atoms with Gasteiger partial charge in [-0.15, -0.1) is 16.4 Å². The van der Waals surface area contributed by atoms with Crippen LogP contribution in [0.2, 0.25) is 5.02 Å². The number of amides is 1. The molecule has 1 amide bonds. The SMILES string of the molecule is CC(C)Cn1c(=O)c2sccc2n2c(=O)n(CC(=O)NCCc3ccc(Cl)cc3)nc12. The Bertz CT molecular complexity index is 1360. The van der Waals surface area contributed by atoms with Crippen molar-refractivity contribution in [2.75, 3.05) is 6.54 Å². The van der Waals surface area contributed by atoms with Gasteiger partial charge in [0.1, 0.15) is 11.2 Å². The van der Waals surface area contributed by atoms with Crippen LogP contribution in [0.4, 0.5) is 0 Å². The van der Waals surface area contributed by atoms with Crippen LogP contribution < -0.4 is 16.6 Å². The molecule has 3 aromatic heterocycles. The predicted molar refractivity (Wildman–Crippen MR) is 122 cm³/mol. The second-order valence-electron chi connectivity index (χ2n) is 7.75. The second-order valence-corrected chi connectivity index (χ2v) is 9.10. The van der Waals surface area contributed by atoms with Crippen LogP contribution in [-0.2, 0) is 24.3 Å².